The Hall–Kier alpha value is -2.37. The number of anilines is 1. The largest absolute Gasteiger partial charge is 0.480 e. The van der Waals surface area contributed by atoms with Crippen LogP contribution in [-0.2, 0) is 14.4 Å². The number of rotatable bonds is 4. The van der Waals surface area contributed by atoms with Gasteiger partial charge in [0.15, 0.2) is 0 Å². The summed E-state index contributed by atoms with van der Waals surface area (Å²) in [5.41, 5.74) is 1.85. The highest BCUT2D eigenvalue weighted by Crippen LogP contribution is 2.25. The minimum atomic E-state index is -1.09. The maximum atomic E-state index is 12.0. The van der Waals surface area contributed by atoms with Crippen molar-refractivity contribution in [2.24, 2.45) is 5.92 Å². The van der Waals surface area contributed by atoms with Gasteiger partial charge in [0.2, 0.25) is 11.8 Å². The molecule has 112 valence electrons. The Morgan fingerprint density at radius 3 is 2.52 bits per heavy atom. The van der Waals surface area contributed by atoms with Crippen molar-refractivity contribution < 1.29 is 19.5 Å². The molecule has 0 aliphatic carbocycles. The van der Waals surface area contributed by atoms with Gasteiger partial charge >= 0.3 is 5.97 Å². The maximum absolute atomic E-state index is 12.0. The SMILES string of the molecule is Cc1ccc(N2CC(C(=O)N[C@@H](C)C(=O)O)CC2=O)cc1. The minimum absolute atomic E-state index is 0.103. The van der Waals surface area contributed by atoms with Crippen LogP contribution in [0.25, 0.3) is 0 Å². The molecule has 1 aliphatic heterocycles. The number of hydrogen-bond acceptors (Lipinski definition) is 3. The number of benzene rings is 1. The van der Waals surface area contributed by atoms with Crippen LogP contribution in [0.5, 0.6) is 0 Å². The van der Waals surface area contributed by atoms with Gasteiger partial charge in [0.1, 0.15) is 6.04 Å². The second kappa shape index (κ2) is 5.95. The standard InChI is InChI=1S/C15H18N2O4/c1-9-3-5-12(6-4-9)17-8-11(7-13(17)18)14(19)16-10(2)15(20)21/h3-6,10-11H,7-8H2,1-2H3,(H,16,19)(H,20,21)/t10-,11?/m0/s1. The Kier molecular flexibility index (Phi) is 4.26. The van der Waals surface area contributed by atoms with Crippen LogP contribution in [-0.4, -0.2) is 35.5 Å². The molecule has 1 unspecified atom stereocenters. The van der Waals surface area contributed by atoms with E-state index in [9.17, 15) is 14.4 Å². The van der Waals surface area contributed by atoms with Gasteiger partial charge in [0.05, 0.1) is 5.92 Å². The summed E-state index contributed by atoms with van der Waals surface area (Å²) >= 11 is 0. The Balaban J connectivity index is 2.04. The fourth-order valence-corrected chi connectivity index (χ4v) is 2.25. The van der Waals surface area contributed by atoms with E-state index in [4.69, 9.17) is 5.11 Å². The highest BCUT2D eigenvalue weighted by atomic mass is 16.4. The van der Waals surface area contributed by atoms with Crippen LogP contribution in [0.2, 0.25) is 0 Å². The quantitative estimate of drug-likeness (QED) is 0.864. The number of hydrogen-bond donors (Lipinski definition) is 2. The first kappa shape index (κ1) is 15.0. The van der Waals surface area contributed by atoms with E-state index in [1.165, 1.54) is 6.92 Å². The smallest absolute Gasteiger partial charge is 0.325 e. The molecule has 0 saturated carbocycles. The molecule has 1 saturated heterocycles. The number of nitrogens with one attached hydrogen (secondary N) is 1. The van der Waals surface area contributed by atoms with E-state index >= 15 is 0 Å². The first-order valence-electron chi connectivity index (χ1n) is 6.78. The molecule has 1 heterocycles. The molecule has 0 radical (unpaired) electrons. The monoisotopic (exact) mass is 290 g/mol. The van der Waals surface area contributed by atoms with Gasteiger partial charge in [-0.1, -0.05) is 17.7 Å². The zero-order chi connectivity index (χ0) is 15.6. The molecule has 21 heavy (non-hydrogen) atoms. The average molecular weight is 290 g/mol. The molecule has 1 fully saturated rings. The minimum Gasteiger partial charge on any atom is -0.480 e. The van der Waals surface area contributed by atoms with Gasteiger partial charge in [0.25, 0.3) is 0 Å². The highest BCUT2D eigenvalue weighted by molar-refractivity contribution is 6.00. The van der Waals surface area contributed by atoms with Crippen LogP contribution >= 0.6 is 0 Å². The van der Waals surface area contributed by atoms with Crippen molar-refractivity contribution in [2.45, 2.75) is 26.3 Å². The van der Waals surface area contributed by atoms with Crippen molar-refractivity contribution in [3.63, 3.8) is 0 Å². The molecule has 2 rings (SSSR count). The number of aliphatic carboxylic acids is 1. The van der Waals surface area contributed by atoms with Crippen LogP contribution in [0, 0.1) is 12.8 Å². The number of carboxylic acids is 1. The van der Waals surface area contributed by atoms with Crippen molar-refractivity contribution in [1.82, 2.24) is 5.32 Å². The van der Waals surface area contributed by atoms with Gasteiger partial charge in [-0.25, -0.2) is 0 Å². The molecular weight excluding hydrogens is 272 g/mol. The molecule has 1 aliphatic rings. The molecule has 6 heteroatoms. The predicted molar refractivity (Wildman–Crippen MR) is 76.9 cm³/mol. The first-order chi connectivity index (χ1) is 9.88. The lowest BCUT2D eigenvalue weighted by Crippen LogP contribution is -2.42. The van der Waals surface area contributed by atoms with E-state index in [1.54, 1.807) is 4.90 Å². The Bertz CT molecular complexity index is 568. The van der Waals surface area contributed by atoms with Crippen molar-refractivity contribution in [1.29, 1.82) is 0 Å². The van der Waals surface area contributed by atoms with Gasteiger partial charge in [-0.2, -0.15) is 0 Å². The summed E-state index contributed by atoms with van der Waals surface area (Å²) in [5.74, 6) is -2.13. The highest BCUT2D eigenvalue weighted by Gasteiger charge is 2.35. The Morgan fingerprint density at radius 1 is 1.33 bits per heavy atom. The molecule has 2 atom stereocenters. The maximum Gasteiger partial charge on any atom is 0.325 e. The summed E-state index contributed by atoms with van der Waals surface area (Å²) in [7, 11) is 0. The summed E-state index contributed by atoms with van der Waals surface area (Å²) in [4.78, 5) is 36.3. The summed E-state index contributed by atoms with van der Waals surface area (Å²) in [6.07, 6.45) is 0.103. The molecule has 0 aromatic heterocycles. The van der Waals surface area contributed by atoms with Gasteiger partial charge in [-0.3, -0.25) is 14.4 Å². The third kappa shape index (κ3) is 3.39. The van der Waals surface area contributed by atoms with Gasteiger partial charge in [-0.15, -0.1) is 0 Å². The fourth-order valence-electron chi connectivity index (χ4n) is 2.25. The van der Waals surface area contributed by atoms with E-state index in [0.717, 1.165) is 11.3 Å². The van der Waals surface area contributed by atoms with E-state index in [1.807, 2.05) is 31.2 Å². The van der Waals surface area contributed by atoms with Gasteiger partial charge in [-0.05, 0) is 26.0 Å². The van der Waals surface area contributed by atoms with Crippen LogP contribution in [0.15, 0.2) is 24.3 Å². The summed E-state index contributed by atoms with van der Waals surface area (Å²) in [5, 5.41) is 11.2. The van der Waals surface area contributed by atoms with Crippen LogP contribution in [0.3, 0.4) is 0 Å². The molecular formula is C15H18N2O4. The van der Waals surface area contributed by atoms with Crippen LogP contribution in [0.1, 0.15) is 18.9 Å². The number of aryl methyl sites for hydroxylation is 1. The number of carboxylic acid groups (broad SMARTS) is 1. The summed E-state index contributed by atoms with van der Waals surface area (Å²) < 4.78 is 0. The Morgan fingerprint density at radius 2 is 1.95 bits per heavy atom. The third-order valence-corrected chi connectivity index (χ3v) is 3.57. The lowest BCUT2D eigenvalue weighted by atomic mass is 10.1. The number of carbonyl (C=O) groups is 3. The zero-order valence-electron chi connectivity index (χ0n) is 12.0. The normalized spacial score (nSPS) is 19.4. The number of nitrogens with zero attached hydrogens (tertiary/aromatic N) is 1. The molecule has 1 aromatic rings. The molecule has 2 amide bonds. The van der Waals surface area contributed by atoms with Crippen molar-refractivity contribution in [3.8, 4) is 0 Å². The van der Waals surface area contributed by atoms with Crippen molar-refractivity contribution in [2.75, 3.05) is 11.4 Å². The second-order valence-electron chi connectivity index (χ2n) is 5.31. The third-order valence-electron chi connectivity index (χ3n) is 3.57. The predicted octanol–water partition coefficient (Wildman–Crippen LogP) is 0.937. The number of carbonyl (C=O) groups excluding carboxylic acids is 2. The van der Waals surface area contributed by atoms with Crippen molar-refractivity contribution >= 4 is 23.5 Å². The lowest BCUT2D eigenvalue weighted by Gasteiger charge is -2.17. The summed E-state index contributed by atoms with van der Waals surface area (Å²) in [6, 6.07) is 6.53. The lowest BCUT2D eigenvalue weighted by molar-refractivity contribution is -0.141. The molecule has 2 N–H and O–H groups in total. The average Bonchev–Trinajstić information content (AvgIpc) is 2.81. The molecule has 0 bridgehead atoms. The molecule has 6 nitrogen and oxygen atoms in total. The second-order valence-corrected chi connectivity index (χ2v) is 5.31. The first-order valence-corrected chi connectivity index (χ1v) is 6.78. The number of amides is 2. The van der Waals surface area contributed by atoms with E-state index in [-0.39, 0.29) is 18.9 Å². The topological polar surface area (TPSA) is 86.7 Å². The summed E-state index contributed by atoms with van der Waals surface area (Å²) in [6.45, 7) is 3.63. The molecule has 0 spiro atoms. The van der Waals surface area contributed by atoms with Gasteiger partial charge < -0.3 is 15.3 Å². The van der Waals surface area contributed by atoms with Gasteiger partial charge in [0, 0.05) is 18.7 Å². The Labute approximate surface area is 122 Å². The van der Waals surface area contributed by atoms with Crippen molar-refractivity contribution in [3.05, 3.63) is 29.8 Å². The zero-order valence-corrected chi connectivity index (χ0v) is 12.0. The fraction of sp³-hybridized carbons (Fsp3) is 0.400. The molecule has 1 aromatic carbocycles. The van der Waals surface area contributed by atoms with Crippen LogP contribution in [0.4, 0.5) is 5.69 Å². The van der Waals surface area contributed by atoms with E-state index in [0.29, 0.717) is 0 Å². The van der Waals surface area contributed by atoms with E-state index in [2.05, 4.69) is 5.32 Å². The van der Waals surface area contributed by atoms with E-state index < -0.39 is 23.8 Å². The van der Waals surface area contributed by atoms with Crippen LogP contribution < -0.4 is 10.2 Å².